The van der Waals surface area contributed by atoms with Crippen LogP contribution in [0.4, 0.5) is 4.39 Å². The molecular formula is C16H13FN+. The number of benzene rings is 2. The van der Waals surface area contributed by atoms with E-state index < -0.39 is 0 Å². The predicted molar refractivity (Wildman–Crippen MR) is 70.5 cm³/mol. The molecule has 0 unspecified atom stereocenters. The molecule has 0 amide bonds. The maximum atomic E-state index is 13.0. The molecule has 0 bridgehead atoms. The van der Waals surface area contributed by atoms with Gasteiger partial charge >= 0.3 is 0 Å². The smallest absolute Gasteiger partial charge is 0.177 e. The molecular weight excluding hydrogens is 225 g/mol. The van der Waals surface area contributed by atoms with Gasteiger partial charge in [-0.15, -0.1) is 0 Å². The van der Waals surface area contributed by atoms with Gasteiger partial charge in [-0.2, -0.15) is 0 Å². The van der Waals surface area contributed by atoms with Gasteiger partial charge in [-0.1, -0.05) is 30.3 Å². The molecule has 2 heteroatoms. The van der Waals surface area contributed by atoms with Gasteiger partial charge in [-0.05, 0) is 23.8 Å². The summed E-state index contributed by atoms with van der Waals surface area (Å²) in [5, 5.41) is 2.36. The van der Waals surface area contributed by atoms with Crippen LogP contribution in [-0.4, -0.2) is 0 Å². The molecule has 0 saturated carbocycles. The number of pyridine rings is 1. The van der Waals surface area contributed by atoms with Gasteiger partial charge in [0.1, 0.15) is 12.9 Å². The van der Waals surface area contributed by atoms with Crippen LogP contribution < -0.4 is 4.57 Å². The Morgan fingerprint density at radius 3 is 2.39 bits per heavy atom. The van der Waals surface area contributed by atoms with Crippen molar-refractivity contribution in [3.63, 3.8) is 0 Å². The minimum atomic E-state index is -0.205. The molecule has 0 saturated heterocycles. The zero-order valence-electron chi connectivity index (χ0n) is 10.1. The van der Waals surface area contributed by atoms with Crippen LogP contribution >= 0.6 is 0 Å². The molecule has 0 radical (unpaired) electrons. The molecule has 1 nitrogen and oxygen atoms in total. The fraction of sp³-hybridized carbons (Fsp3) is 0.0625. The van der Waals surface area contributed by atoms with Gasteiger partial charge < -0.3 is 0 Å². The molecule has 18 heavy (non-hydrogen) atoms. The van der Waals surface area contributed by atoms with Crippen LogP contribution in [0.2, 0.25) is 0 Å². The molecule has 0 aliphatic rings. The van der Waals surface area contributed by atoms with Crippen molar-refractivity contribution >= 4 is 10.8 Å². The Bertz CT molecular complexity index is 702. The van der Waals surface area contributed by atoms with Crippen LogP contribution in [0.5, 0.6) is 0 Å². The zero-order valence-corrected chi connectivity index (χ0v) is 10.1. The van der Waals surface area contributed by atoms with Gasteiger partial charge in [0, 0.05) is 10.8 Å². The molecule has 88 valence electrons. The monoisotopic (exact) mass is 238 g/mol. The van der Waals surface area contributed by atoms with Crippen LogP contribution in [0.3, 0.4) is 0 Å². The lowest BCUT2D eigenvalue weighted by molar-refractivity contribution is -0.669. The Morgan fingerprint density at radius 1 is 0.889 bits per heavy atom. The normalized spacial score (nSPS) is 10.8. The summed E-state index contributed by atoms with van der Waals surface area (Å²) in [6, 6.07) is 14.9. The van der Waals surface area contributed by atoms with Crippen molar-refractivity contribution in [3.8, 4) is 11.1 Å². The van der Waals surface area contributed by atoms with Crippen molar-refractivity contribution in [3.05, 3.63) is 66.7 Å². The van der Waals surface area contributed by atoms with E-state index in [1.54, 1.807) is 0 Å². The minimum absolute atomic E-state index is 0.205. The van der Waals surface area contributed by atoms with E-state index in [1.165, 1.54) is 22.9 Å². The van der Waals surface area contributed by atoms with E-state index in [2.05, 4.69) is 24.5 Å². The van der Waals surface area contributed by atoms with E-state index in [0.29, 0.717) is 0 Å². The average Bonchev–Trinajstić information content (AvgIpc) is 2.38. The lowest BCUT2D eigenvalue weighted by Gasteiger charge is -2.05. The third-order valence-electron chi connectivity index (χ3n) is 3.08. The first kappa shape index (κ1) is 10.9. The predicted octanol–water partition coefficient (Wildman–Crippen LogP) is 3.47. The van der Waals surface area contributed by atoms with Gasteiger partial charge in [-0.25, -0.2) is 8.96 Å². The number of nitrogens with zero attached hydrogens (tertiary/aromatic N) is 1. The first-order valence-electron chi connectivity index (χ1n) is 5.88. The van der Waals surface area contributed by atoms with Crippen molar-refractivity contribution in [1.82, 2.24) is 0 Å². The zero-order chi connectivity index (χ0) is 12.5. The maximum Gasteiger partial charge on any atom is 0.177 e. The van der Waals surface area contributed by atoms with Crippen LogP contribution in [0.1, 0.15) is 0 Å². The number of aromatic nitrogens is 1. The SMILES string of the molecule is C[n+]1cc(-c2ccc(F)cc2)c2ccccc2c1. The summed E-state index contributed by atoms with van der Waals surface area (Å²) in [6.07, 6.45) is 4.15. The molecule has 0 atom stereocenters. The molecule has 0 spiro atoms. The fourth-order valence-electron chi connectivity index (χ4n) is 2.24. The lowest BCUT2D eigenvalue weighted by Crippen LogP contribution is -2.26. The Kier molecular flexibility index (Phi) is 2.56. The Labute approximate surface area is 105 Å². The van der Waals surface area contributed by atoms with E-state index in [4.69, 9.17) is 0 Å². The molecule has 3 rings (SSSR count). The van der Waals surface area contributed by atoms with E-state index in [-0.39, 0.29) is 5.82 Å². The third kappa shape index (κ3) is 1.86. The van der Waals surface area contributed by atoms with Gasteiger partial charge in [0.2, 0.25) is 0 Å². The quantitative estimate of drug-likeness (QED) is 0.571. The minimum Gasteiger partial charge on any atom is -0.207 e. The number of rotatable bonds is 1. The Hall–Kier alpha value is -2.22. The second-order valence-electron chi connectivity index (χ2n) is 4.43. The fourth-order valence-corrected chi connectivity index (χ4v) is 2.24. The molecule has 0 fully saturated rings. The molecule has 0 aliphatic heterocycles. The summed E-state index contributed by atoms with van der Waals surface area (Å²) in [4.78, 5) is 0. The summed E-state index contributed by atoms with van der Waals surface area (Å²) in [6.45, 7) is 0. The Balaban J connectivity index is 2.31. The van der Waals surface area contributed by atoms with E-state index in [9.17, 15) is 4.39 Å². The first-order chi connectivity index (χ1) is 8.74. The van der Waals surface area contributed by atoms with Crippen molar-refractivity contribution in [2.75, 3.05) is 0 Å². The largest absolute Gasteiger partial charge is 0.207 e. The highest BCUT2D eigenvalue weighted by Gasteiger charge is 2.09. The highest BCUT2D eigenvalue weighted by atomic mass is 19.1. The first-order valence-corrected chi connectivity index (χ1v) is 5.88. The van der Waals surface area contributed by atoms with Crippen molar-refractivity contribution in [1.29, 1.82) is 0 Å². The summed E-state index contributed by atoms with van der Waals surface area (Å²) in [5.74, 6) is -0.205. The van der Waals surface area contributed by atoms with E-state index in [0.717, 1.165) is 11.1 Å². The molecule has 1 aromatic heterocycles. The molecule has 3 aromatic rings. The second kappa shape index (κ2) is 4.22. The van der Waals surface area contributed by atoms with Crippen LogP contribution in [-0.2, 0) is 7.05 Å². The maximum absolute atomic E-state index is 13.0. The average molecular weight is 238 g/mol. The molecule has 0 N–H and O–H groups in total. The van der Waals surface area contributed by atoms with Crippen molar-refractivity contribution < 1.29 is 8.96 Å². The molecule has 0 aliphatic carbocycles. The summed E-state index contributed by atoms with van der Waals surface area (Å²) >= 11 is 0. The van der Waals surface area contributed by atoms with E-state index in [1.807, 2.05) is 35.9 Å². The van der Waals surface area contributed by atoms with Crippen LogP contribution in [0, 0.1) is 5.82 Å². The Morgan fingerprint density at radius 2 is 1.61 bits per heavy atom. The van der Waals surface area contributed by atoms with Gasteiger partial charge in [-0.3, -0.25) is 0 Å². The number of fused-ring (bicyclic) bond motifs is 1. The topological polar surface area (TPSA) is 3.88 Å². The number of aryl methyl sites for hydroxylation is 1. The molecule has 2 aromatic carbocycles. The standard InChI is InChI=1S/C16H13FN/c1-18-10-13-4-2-3-5-15(13)16(11-18)12-6-8-14(17)9-7-12/h2-11H,1H3/q+1. The third-order valence-corrected chi connectivity index (χ3v) is 3.08. The second-order valence-corrected chi connectivity index (χ2v) is 4.43. The highest BCUT2D eigenvalue weighted by Crippen LogP contribution is 2.26. The van der Waals surface area contributed by atoms with Crippen molar-refractivity contribution in [2.24, 2.45) is 7.05 Å². The lowest BCUT2D eigenvalue weighted by atomic mass is 10.0. The van der Waals surface area contributed by atoms with Crippen molar-refractivity contribution in [2.45, 2.75) is 0 Å². The summed E-state index contributed by atoms with van der Waals surface area (Å²) in [5.41, 5.74) is 2.15. The number of hydrogen-bond donors (Lipinski definition) is 0. The van der Waals surface area contributed by atoms with Gasteiger partial charge in [0.05, 0.1) is 5.56 Å². The molecule has 1 heterocycles. The number of halogens is 1. The summed E-state index contributed by atoms with van der Waals surface area (Å²) < 4.78 is 15.0. The van der Waals surface area contributed by atoms with Crippen LogP contribution in [0.25, 0.3) is 21.9 Å². The highest BCUT2D eigenvalue weighted by molar-refractivity contribution is 5.94. The van der Waals surface area contributed by atoms with Gasteiger partial charge in [0.25, 0.3) is 0 Å². The number of hydrogen-bond acceptors (Lipinski definition) is 0. The summed E-state index contributed by atoms with van der Waals surface area (Å²) in [7, 11) is 2.00. The van der Waals surface area contributed by atoms with E-state index >= 15 is 0 Å². The van der Waals surface area contributed by atoms with Gasteiger partial charge in [0.15, 0.2) is 12.4 Å². The van der Waals surface area contributed by atoms with Crippen LogP contribution in [0.15, 0.2) is 60.9 Å².